The summed E-state index contributed by atoms with van der Waals surface area (Å²) in [5.41, 5.74) is 2.99. The van der Waals surface area contributed by atoms with E-state index in [2.05, 4.69) is 0 Å². The molecule has 138 valence electrons. The lowest BCUT2D eigenvalue weighted by Crippen LogP contribution is -2.46. The van der Waals surface area contributed by atoms with Gasteiger partial charge in [0.15, 0.2) is 11.5 Å². The summed E-state index contributed by atoms with van der Waals surface area (Å²) in [7, 11) is 0. The number of carbonyl (C=O) groups is 2. The molecule has 0 aromatic heterocycles. The van der Waals surface area contributed by atoms with E-state index in [4.69, 9.17) is 4.74 Å². The van der Waals surface area contributed by atoms with Crippen LogP contribution in [0.4, 0.5) is 11.4 Å². The van der Waals surface area contributed by atoms with Gasteiger partial charge in [-0.15, -0.1) is 0 Å². The second-order valence-electron chi connectivity index (χ2n) is 6.98. The molecule has 2 amide bonds. The quantitative estimate of drug-likeness (QED) is 0.667. The SMILES string of the molecule is CC(C(=O)N1c2ccccc2Oc2ccccc21)N1Cc2ccccc2C1=O. The first-order valence-corrected chi connectivity index (χ1v) is 9.24. The number of anilines is 2. The molecule has 0 fully saturated rings. The molecule has 0 spiro atoms. The molecule has 1 unspecified atom stereocenters. The average Bonchev–Trinajstić information content (AvgIpc) is 3.07. The molecule has 5 heteroatoms. The molecular formula is C23H18N2O3. The highest BCUT2D eigenvalue weighted by molar-refractivity contribution is 6.09. The fourth-order valence-electron chi connectivity index (χ4n) is 3.85. The Hall–Kier alpha value is -3.60. The van der Waals surface area contributed by atoms with Gasteiger partial charge in [0, 0.05) is 12.1 Å². The van der Waals surface area contributed by atoms with Gasteiger partial charge >= 0.3 is 0 Å². The highest BCUT2D eigenvalue weighted by Gasteiger charge is 2.38. The van der Waals surface area contributed by atoms with Crippen LogP contribution >= 0.6 is 0 Å². The maximum atomic E-state index is 13.6. The smallest absolute Gasteiger partial charge is 0.255 e. The molecule has 2 aliphatic rings. The van der Waals surface area contributed by atoms with Gasteiger partial charge < -0.3 is 9.64 Å². The summed E-state index contributed by atoms with van der Waals surface area (Å²) in [4.78, 5) is 29.7. The Bertz CT molecular complexity index is 1060. The molecule has 3 aromatic rings. The fourth-order valence-corrected chi connectivity index (χ4v) is 3.85. The van der Waals surface area contributed by atoms with Gasteiger partial charge in [-0.3, -0.25) is 14.5 Å². The number of fused-ring (bicyclic) bond motifs is 3. The Morgan fingerprint density at radius 2 is 1.46 bits per heavy atom. The number of hydrogen-bond acceptors (Lipinski definition) is 3. The van der Waals surface area contributed by atoms with E-state index in [-0.39, 0.29) is 11.8 Å². The molecule has 0 bridgehead atoms. The van der Waals surface area contributed by atoms with Gasteiger partial charge in [0.05, 0.1) is 11.4 Å². The molecule has 0 aliphatic carbocycles. The first kappa shape index (κ1) is 16.6. The summed E-state index contributed by atoms with van der Waals surface area (Å²) in [5, 5.41) is 0. The van der Waals surface area contributed by atoms with Crippen LogP contribution in [0.5, 0.6) is 11.5 Å². The first-order valence-electron chi connectivity index (χ1n) is 9.24. The number of para-hydroxylation sites is 4. The van der Waals surface area contributed by atoms with Crippen molar-refractivity contribution in [3.8, 4) is 11.5 Å². The topological polar surface area (TPSA) is 49.9 Å². The van der Waals surface area contributed by atoms with Gasteiger partial charge in [-0.05, 0) is 42.8 Å². The second-order valence-corrected chi connectivity index (χ2v) is 6.98. The third kappa shape index (κ3) is 2.40. The number of carbonyl (C=O) groups excluding carboxylic acids is 2. The summed E-state index contributed by atoms with van der Waals surface area (Å²) < 4.78 is 5.96. The van der Waals surface area contributed by atoms with Crippen molar-refractivity contribution in [2.75, 3.05) is 4.90 Å². The predicted molar refractivity (Wildman–Crippen MR) is 106 cm³/mol. The highest BCUT2D eigenvalue weighted by atomic mass is 16.5. The lowest BCUT2D eigenvalue weighted by molar-refractivity contribution is -0.121. The van der Waals surface area contributed by atoms with Crippen molar-refractivity contribution in [2.45, 2.75) is 19.5 Å². The van der Waals surface area contributed by atoms with Crippen molar-refractivity contribution in [1.82, 2.24) is 4.90 Å². The molecule has 2 heterocycles. The van der Waals surface area contributed by atoms with Gasteiger partial charge in [-0.25, -0.2) is 0 Å². The van der Waals surface area contributed by atoms with Gasteiger partial charge in [-0.1, -0.05) is 42.5 Å². The minimum Gasteiger partial charge on any atom is -0.453 e. The van der Waals surface area contributed by atoms with Gasteiger partial charge in [0.1, 0.15) is 6.04 Å². The van der Waals surface area contributed by atoms with Crippen LogP contribution in [0.25, 0.3) is 0 Å². The molecule has 0 radical (unpaired) electrons. The van der Waals surface area contributed by atoms with E-state index in [1.165, 1.54) is 0 Å². The number of benzene rings is 3. The van der Waals surface area contributed by atoms with Crippen LogP contribution in [0.2, 0.25) is 0 Å². The third-order valence-corrected chi connectivity index (χ3v) is 5.33. The summed E-state index contributed by atoms with van der Waals surface area (Å²) in [5.74, 6) is 0.978. The van der Waals surface area contributed by atoms with Gasteiger partial charge in [0.2, 0.25) is 0 Å². The molecule has 28 heavy (non-hydrogen) atoms. The number of amides is 2. The van der Waals surface area contributed by atoms with E-state index < -0.39 is 6.04 Å². The van der Waals surface area contributed by atoms with Crippen LogP contribution in [0.15, 0.2) is 72.8 Å². The van der Waals surface area contributed by atoms with Crippen molar-refractivity contribution in [3.05, 3.63) is 83.9 Å². The predicted octanol–water partition coefficient (Wildman–Crippen LogP) is 4.50. The minimum atomic E-state index is -0.612. The van der Waals surface area contributed by atoms with E-state index in [0.29, 0.717) is 35.0 Å². The summed E-state index contributed by atoms with van der Waals surface area (Å²) in [6, 6.07) is 21.8. The number of ether oxygens (including phenoxy) is 1. The summed E-state index contributed by atoms with van der Waals surface area (Å²) in [6.07, 6.45) is 0. The molecule has 1 atom stereocenters. The Balaban J connectivity index is 1.53. The van der Waals surface area contributed by atoms with Crippen LogP contribution < -0.4 is 9.64 Å². The molecule has 3 aromatic carbocycles. The van der Waals surface area contributed by atoms with E-state index in [1.54, 1.807) is 16.7 Å². The van der Waals surface area contributed by atoms with Crippen molar-refractivity contribution in [2.24, 2.45) is 0 Å². The zero-order valence-corrected chi connectivity index (χ0v) is 15.3. The zero-order chi connectivity index (χ0) is 19.3. The van der Waals surface area contributed by atoms with E-state index in [1.807, 2.05) is 72.8 Å². The average molecular weight is 370 g/mol. The molecule has 0 N–H and O–H groups in total. The highest BCUT2D eigenvalue weighted by Crippen LogP contribution is 2.46. The van der Waals surface area contributed by atoms with Crippen LogP contribution in [-0.4, -0.2) is 22.8 Å². The Labute approximate surface area is 162 Å². The fraction of sp³-hybridized carbons (Fsp3) is 0.130. The van der Waals surface area contributed by atoms with Crippen LogP contribution in [0.3, 0.4) is 0 Å². The van der Waals surface area contributed by atoms with Crippen LogP contribution in [0.1, 0.15) is 22.8 Å². The van der Waals surface area contributed by atoms with Gasteiger partial charge in [0.25, 0.3) is 11.8 Å². The molecule has 2 aliphatic heterocycles. The minimum absolute atomic E-state index is 0.105. The van der Waals surface area contributed by atoms with E-state index in [0.717, 1.165) is 5.56 Å². The normalized spacial score (nSPS) is 15.4. The second kappa shape index (κ2) is 6.23. The Morgan fingerprint density at radius 1 is 0.893 bits per heavy atom. The van der Waals surface area contributed by atoms with Crippen molar-refractivity contribution >= 4 is 23.2 Å². The van der Waals surface area contributed by atoms with Crippen LogP contribution in [0, 0.1) is 0 Å². The Morgan fingerprint density at radius 3 is 2.11 bits per heavy atom. The number of nitrogens with zero attached hydrogens (tertiary/aromatic N) is 2. The van der Waals surface area contributed by atoms with E-state index in [9.17, 15) is 9.59 Å². The molecular weight excluding hydrogens is 352 g/mol. The zero-order valence-electron chi connectivity index (χ0n) is 15.3. The monoisotopic (exact) mass is 370 g/mol. The Kier molecular flexibility index (Phi) is 3.69. The maximum Gasteiger partial charge on any atom is 0.255 e. The summed E-state index contributed by atoms with van der Waals surface area (Å²) in [6.45, 7) is 2.22. The lowest BCUT2D eigenvalue weighted by Gasteiger charge is -2.34. The van der Waals surface area contributed by atoms with Crippen molar-refractivity contribution < 1.29 is 14.3 Å². The summed E-state index contributed by atoms with van der Waals surface area (Å²) >= 11 is 0. The molecule has 0 saturated carbocycles. The van der Waals surface area contributed by atoms with Gasteiger partial charge in [-0.2, -0.15) is 0 Å². The first-order chi connectivity index (χ1) is 13.6. The molecule has 5 nitrogen and oxygen atoms in total. The van der Waals surface area contributed by atoms with E-state index >= 15 is 0 Å². The number of rotatable bonds is 2. The van der Waals surface area contributed by atoms with Crippen LogP contribution in [-0.2, 0) is 11.3 Å². The largest absolute Gasteiger partial charge is 0.453 e. The van der Waals surface area contributed by atoms with Crippen molar-refractivity contribution in [1.29, 1.82) is 0 Å². The van der Waals surface area contributed by atoms with Crippen molar-refractivity contribution in [3.63, 3.8) is 0 Å². The molecule has 5 rings (SSSR count). The number of hydrogen-bond donors (Lipinski definition) is 0. The standard InChI is InChI=1S/C23H18N2O3/c1-15(24-14-16-8-2-3-9-17(16)23(24)27)22(26)25-18-10-4-6-12-20(18)28-21-13-7-5-11-19(21)25/h2-13,15H,14H2,1H3. The lowest BCUT2D eigenvalue weighted by atomic mass is 10.1. The third-order valence-electron chi connectivity index (χ3n) is 5.33. The maximum absolute atomic E-state index is 13.6. The molecule has 0 saturated heterocycles.